The van der Waals surface area contributed by atoms with Crippen LogP contribution in [0.15, 0.2) is 18.2 Å². The van der Waals surface area contributed by atoms with Crippen molar-refractivity contribution >= 4 is 17.5 Å². The number of methoxy groups -OCH3 is 1. The lowest BCUT2D eigenvalue weighted by Crippen LogP contribution is -2.42. The summed E-state index contributed by atoms with van der Waals surface area (Å²) in [6, 6.07) is 5.80. The van der Waals surface area contributed by atoms with Crippen molar-refractivity contribution in [3.05, 3.63) is 23.8 Å². The van der Waals surface area contributed by atoms with Crippen LogP contribution in [0, 0.1) is 18.8 Å². The van der Waals surface area contributed by atoms with Gasteiger partial charge in [-0.25, -0.2) is 0 Å². The smallest absolute Gasteiger partial charge is 0.228 e. The minimum Gasteiger partial charge on any atom is -0.495 e. The molecule has 0 aromatic heterocycles. The predicted octanol–water partition coefficient (Wildman–Crippen LogP) is 2.55. The van der Waals surface area contributed by atoms with Crippen LogP contribution in [0.2, 0.25) is 0 Å². The van der Waals surface area contributed by atoms with Crippen LogP contribution in [0.5, 0.6) is 5.75 Å². The summed E-state index contributed by atoms with van der Waals surface area (Å²) in [5.41, 5.74) is 1.84. The molecule has 6 heteroatoms. The zero-order valence-electron chi connectivity index (χ0n) is 17.6. The number of ether oxygens (including phenoxy) is 1. The fourth-order valence-electron chi connectivity index (χ4n) is 4.26. The zero-order chi connectivity index (χ0) is 20.3. The Hall–Kier alpha value is -2.08. The molecule has 28 heavy (non-hydrogen) atoms. The van der Waals surface area contributed by atoms with Crippen molar-refractivity contribution in [3.63, 3.8) is 0 Å². The van der Waals surface area contributed by atoms with Crippen molar-refractivity contribution in [1.29, 1.82) is 0 Å². The number of piperidine rings is 1. The third-order valence-corrected chi connectivity index (χ3v) is 6.01. The second kappa shape index (κ2) is 8.95. The number of nitrogens with zero attached hydrogens (tertiary/aromatic N) is 3. The van der Waals surface area contributed by atoms with E-state index >= 15 is 0 Å². The van der Waals surface area contributed by atoms with Crippen molar-refractivity contribution in [1.82, 2.24) is 9.80 Å². The molecular formula is C22H33N3O3. The lowest BCUT2D eigenvalue weighted by atomic mass is 9.92. The van der Waals surface area contributed by atoms with Gasteiger partial charge in [0.15, 0.2) is 0 Å². The lowest BCUT2D eigenvalue weighted by Gasteiger charge is -2.34. The normalized spacial score (nSPS) is 20.9. The standard InChI is InChI=1S/C22H33N3O3/c1-16-5-6-20(28-4)19(13-16)25-15-18(14-21(25)26)22(27)24-11-8-17(9-12-24)7-10-23(2)3/h5-6,13,17-18H,7-12,14-15H2,1-4H3/t18-/m0/s1. The van der Waals surface area contributed by atoms with Crippen molar-refractivity contribution in [2.75, 3.05) is 52.3 Å². The lowest BCUT2D eigenvalue weighted by molar-refractivity contribution is -0.137. The molecule has 6 nitrogen and oxygen atoms in total. The predicted molar refractivity (Wildman–Crippen MR) is 111 cm³/mol. The second-order valence-corrected chi connectivity index (χ2v) is 8.44. The molecule has 0 spiro atoms. The van der Waals surface area contributed by atoms with E-state index in [1.54, 1.807) is 12.0 Å². The Morgan fingerprint density at radius 1 is 1.25 bits per heavy atom. The number of amides is 2. The molecule has 0 unspecified atom stereocenters. The van der Waals surface area contributed by atoms with Crippen LogP contribution in [0.1, 0.15) is 31.2 Å². The summed E-state index contributed by atoms with van der Waals surface area (Å²) < 4.78 is 5.43. The third kappa shape index (κ3) is 4.66. The maximum absolute atomic E-state index is 13.0. The van der Waals surface area contributed by atoms with Crippen LogP contribution in [0.25, 0.3) is 0 Å². The average molecular weight is 388 g/mol. The van der Waals surface area contributed by atoms with E-state index < -0.39 is 0 Å². The largest absolute Gasteiger partial charge is 0.495 e. The van der Waals surface area contributed by atoms with Gasteiger partial charge in [-0.05, 0) is 70.4 Å². The van der Waals surface area contributed by atoms with Gasteiger partial charge in [0, 0.05) is 26.1 Å². The van der Waals surface area contributed by atoms with Gasteiger partial charge in [0.05, 0.1) is 18.7 Å². The fraction of sp³-hybridized carbons (Fsp3) is 0.636. The highest BCUT2D eigenvalue weighted by molar-refractivity contribution is 6.01. The Kier molecular flexibility index (Phi) is 6.60. The van der Waals surface area contributed by atoms with Crippen LogP contribution in [-0.2, 0) is 9.59 Å². The summed E-state index contributed by atoms with van der Waals surface area (Å²) in [5.74, 6) is 1.26. The molecule has 1 aromatic rings. The van der Waals surface area contributed by atoms with E-state index in [9.17, 15) is 9.59 Å². The van der Waals surface area contributed by atoms with Crippen LogP contribution < -0.4 is 9.64 Å². The van der Waals surface area contributed by atoms with Crippen molar-refractivity contribution in [2.24, 2.45) is 11.8 Å². The Labute approximate surface area is 168 Å². The number of hydrogen-bond acceptors (Lipinski definition) is 4. The van der Waals surface area contributed by atoms with E-state index in [1.165, 1.54) is 6.42 Å². The highest BCUT2D eigenvalue weighted by atomic mass is 16.5. The zero-order valence-corrected chi connectivity index (χ0v) is 17.6. The van der Waals surface area contributed by atoms with Gasteiger partial charge >= 0.3 is 0 Å². The number of benzene rings is 1. The van der Waals surface area contributed by atoms with E-state index in [0.717, 1.165) is 43.7 Å². The highest BCUT2D eigenvalue weighted by Gasteiger charge is 2.38. The van der Waals surface area contributed by atoms with E-state index in [0.29, 0.717) is 18.2 Å². The topological polar surface area (TPSA) is 53.1 Å². The molecule has 0 aliphatic carbocycles. The van der Waals surface area contributed by atoms with Gasteiger partial charge in [-0.1, -0.05) is 6.07 Å². The van der Waals surface area contributed by atoms with Gasteiger partial charge in [0.25, 0.3) is 0 Å². The Bertz CT molecular complexity index is 711. The van der Waals surface area contributed by atoms with Crippen molar-refractivity contribution in [3.8, 4) is 5.75 Å². The molecule has 3 rings (SSSR count). The molecule has 2 amide bonds. The molecule has 2 heterocycles. The maximum Gasteiger partial charge on any atom is 0.228 e. The van der Waals surface area contributed by atoms with Gasteiger partial charge < -0.3 is 19.4 Å². The summed E-state index contributed by atoms with van der Waals surface area (Å²) in [6.07, 6.45) is 3.61. The third-order valence-electron chi connectivity index (χ3n) is 6.01. The van der Waals surface area contributed by atoms with Gasteiger partial charge in [-0.3, -0.25) is 9.59 Å². The van der Waals surface area contributed by atoms with E-state index in [2.05, 4.69) is 19.0 Å². The minimum atomic E-state index is -0.254. The second-order valence-electron chi connectivity index (χ2n) is 8.44. The first kappa shape index (κ1) is 20.6. The molecule has 0 N–H and O–H groups in total. The first-order chi connectivity index (χ1) is 13.4. The molecule has 2 saturated heterocycles. The summed E-state index contributed by atoms with van der Waals surface area (Å²) in [5, 5.41) is 0. The molecule has 0 radical (unpaired) electrons. The molecule has 0 bridgehead atoms. The van der Waals surface area contributed by atoms with Crippen molar-refractivity contribution < 1.29 is 14.3 Å². The number of rotatable bonds is 6. The number of anilines is 1. The molecule has 1 aromatic carbocycles. The summed E-state index contributed by atoms with van der Waals surface area (Å²) in [4.78, 5) is 31.6. The average Bonchev–Trinajstić information content (AvgIpc) is 3.07. The maximum atomic E-state index is 13.0. The Balaban J connectivity index is 1.60. The molecule has 2 fully saturated rings. The molecule has 2 aliphatic rings. The van der Waals surface area contributed by atoms with E-state index in [4.69, 9.17) is 4.74 Å². The Morgan fingerprint density at radius 2 is 1.96 bits per heavy atom. The van der Waals surface area contributed by atoms with Crippen LogP contribution >= 0.6 is 0 Å². The van der Waals surface area contributed by atoms with Gasteiger partial charge in [-0.15, -0.1) is 0 Å². The summed E-state index contributed by atoms with van der Waals surface area (Å²) in [7, 11) is 5.81. The monoisotopic (exact) mass is 387 g/mol. The molecule has 1 atom stereocenters. The van der Waals surface area contributed by atoms with Gasteiger partial charge in [-0.2, -0.15) is 0 Å². The molecule has 0 saturated carbocycles. The summed E-state index contributed by atoms with van der Waals surface area (Å²) >= 11 is 0. The Morgan fingerprint density at radius 3 is 2.61 bits per heavy atom. The van der Waals surface area contributed by atoms with Gasteiger partial charge in [0.2, 0.25) is 11.8 Å². The quantitative estimate of drug-likeness (QED) is 0.753. The first-order valence-corrected chi connectivity index (χ1v) is 10.3. The van der Waals surface area contributed by atoms with Crippen LogP contribution in [-0.4, -0.2) is 69.0 Å². The molecular weight excluding hydrogens is 354 g/mol. The first-order valence-electron chi connectivity index (χ1n) is 10.3. The van der Waals surface area contributed by atoms with Crippen LogP contribution in [0.4, 0.5) is 5.69 Å². The van der Waals surface area contributed by atoms with Gasteiger partial charge in [0.1, 0.15) is 5.75 Å². The highest BCUT2D eigenvalue weighted by Crippen LogP contribution is 2.34. The molecule has 154 valence electrons. The fourth-order valence-corrected chi connectivity index (χ4v) is 4.26. The summed E-state index contributed by atoms with van der Waals surface area (Å²) in [6.45, 7) is 5.17. The number of carbonyl (C=O) groups excluding carboxylic acids is 2. The van der Waals surface area contributed by atoms with E-state index in [-0.39, 0.29) is 24.2 Å². The minimum absolute atomic E-state index is 0.00289. The number of aryl methyl sites for hydroxylation is 1. The number of hydrogen-bond donors (Lipinski definition) is 0. The van der Waals surface area contributed by atoms with Crippen molar-refractivity contribution in [2.45, 2.75) is 32.6 Å². The van der Waals surface area contributed by atoms with Crippen LogP contribution in [0.3, 0.4) is 0 Å². The number of carbonyl (C=O) groups is 2. The molecule has 2 aliphatic heterocycles. The van der Waals surface area contributed by atoms with E-state index in [1.807, 2.05) is 30.0 Å². The number of likely N-dealkylation sites (tertiary alicyclic amines) is 1. The SMILES string of the molecule is COc1ccc(C)cc1N1C[C@@H](C(=O)N2CCC(CCN(C)C)CC2)CC1=O.